The van der Waals surface area contributed by atoms with E-state index in [1.54, 1.807) is 10.7 Å². The minimum Gasteiger partial charge on any atom is -0.342 e. The number of nitrogens with two attached hydrogens (primary N) is 1. The summed E-state index contributed by atoms with van der Waals surface area (Å²) in [5, 5.41) is 16.2. The van der Waals surface area contributed by atoms with E-state index in [9.17, 15) is 4.79 Å². The molecule has 1 atom stereocenters. The summed E-state index contributed by atoms with van der Waals surface area (Å²) in [7, 11) is 0. The highest BCUT2D eigenvalue weighted by atomic mass is 16.1. The number of piperidine rings is 1. The van der Waals surface area contributed by atoms with Crippen molar-refractivity contribution >= 4 is 28.3 Å². The third-order valence-electron chi connectivity index (χ3n) is 9.14. The lowest BCUT2D eigenvalue weighted by molar-refractivity contribution is 0.187. The first-order valence-corrected chi connectivity index (χ1v) is 13.8. The van der Waals surface area contributed by atoms with Crippen LogP contribution in [-0.2, 0) is 12.8 Å². The molecule has 0 radical (unpaired) electrons. The van der Waals surface area contributed by atoms with Gasteiger partial charge < -0.3 is 10.6 Å². The minimum atomic E-state index is -0.210. The first-order chi connectivity index (χ1) is 19.3. The maximum atomic E-state index is 13.6. The summed E-state index contributed by atoms with van der Waals surface area (Å²) in [6.07, 6.45) is 9.41. The van der Waals surface area contributed by atoms with E-state index in [1.165, 1.54) is 11.1 Å². The minimum absolute atomic E-state index is 0.0419. The molecular weight excluding hydrogens is 504 g/mol. The molecule has 1 aliphatic heterocycles. The predicted molar refractivity (Wildman–Crippen MR) is 151 cm³/mol. The van der Waals surface area contributed by atoms with E-state index in [4.69, 9.17) is 15.7 Å². The number of H-pyrrole nitrogens is 2. The van der Waals surface area contributed by atoms with Crippen molar-refractivity contribution in [3.63, 3.8) is 0 Å². The maximum absolute atomic E-state index is 13.6. The van der Waals surface area contributed by atoms with Crippen LogP contribution in [0.1, 0.15) is 60.8 Å². The van der Waals surface area contributed by atoms with Crippen LogP contribution in [0.15, 0.2) is 47.7 Å². The van der Waals surface area contributed by atoms with Crippen LogP contribution in [0.5, 0.6) is 0 Å². The van der Waals surface area contributed by atoms with Crippen LogP contribution < -0.4 is 16.2 Å². The molecule has 8 rings (SSSR count). The van der Waals surface area contributed by atoms with Gasteiger partial charge in [-0.2, -0.15) is 10.1 Å². The van der Waals surface area contributed by atoms with Crippen molar-refractivity contribution in [1.29, 1.82) is 0 Å². The van der Waals surface area contributed by atoms with Gasteiger partial charge in [-0.05, 0) is 47.6 Å². The molecule has 0 amide bonds. The summed E-state index contributed by atoms with van der Waals surface area (Å²) in [6, 6.07) is 8.57. The molecule has 5 heterocycles. The Balaban J connectivity index is 1.13. The van der Waals surface area contributed by atoms with Gasteiger partial charge in [0.2, 0.25) is 5.95 Å². The Morgan fingerprint density at radius 1 is 1.10 bits per heavy atom. The molecule has 2 aliphatic carbocycles. The summed E-state index contributed by atoms with van der Waals surface area (Å²) in [5.41, 5.74) is 12.8. The number of aromatic nitrogens is 8. The molecule has 4 aromatic heterocycles. The van der Waals surface area contributed by atoms with Gasteiger partial charge in [0.25, 0.3) is 11.3 Å². The average molecular weight is 535 g/mol. The second kappa shape index (κ2) is 8.07. The van der Waals surface area contributed by atoms with Crippen molar-refractivity contribution in [3.05, 3.63) is 81.3 Å². The van der Waals surface area contributed by atoms with Crippen molar-refractivity contribution in [2.24, 2.45) is 16.6 Å². The van der Waals surface area contributed by atoms with Crippen LogP contribution in [0.3, 0.4) is 0 Å². The highest BCUT2D eigenvalue weighted by Gasteiger charge is 2.46. The molecule has 0 bridgehead atoms. The summed E-state index contributed by atoms with van der Waals surface area (Å²) >= 11 is 0. The summed E-state index contributed by atoms with van der Waals surface area (Å²) < 4.78 is 1.79. The van der Waals surface area contributed by atoms with Crippen LogP contribution in [0.2, 0.25) is 0 Å². The molecule has 40 heavy (non-hydrogen) atoms. The Morgan fingerprint density at radius 3 is 2.75 bits per heavy atom. The Kier molecular flexibility index (Phi) is 4.74. The monoisotopic (exact) mass is 534 g/mol. The number of fused-ring (bicyclic) bond motifs is 4. The van der Waals surface area contributed by atoms with Crippen molar-refractivity contribution in [2.75, 3.05) is 18.0 Å². The third kappa shape index (κ3) is 3.40. The van der Waals surface area contributed by atoms with Gasteiger partial charge >= 0.3 is 0 Å². The summed E-state index contributed by atoms with van der Waals surface area (Å²) in [5.74, 6) is 1.12. The number of anilines is 1. The highest BCUT2D eigenvalue weighted by molar-refractivity contribution is 5.94. The fourth-order valence-electron chi connectivity index (χ4n) is 7.05. The van der Waals surface area contributed by atoms with Crippen molar-refractivity contribution < 1.29 is 0 Å². The first-order valence-electron chi connectivity index (χ1n) is 13.8. The molecule has 202 valence electrons. The van der Waals surface area contributed by atoms with Crippen molar-refractivity contribution in [2.45, 2.75) is 45.6 Å². The normalized spacial score (nSPS) is 21.1. The topological polar surface area (TPSA) is 147 Å². The average Bonchev–Trinajstić information content (AvgIpc) is 3.64. The zero-order chi connectivity index (χ0) is 27.2. The van der Waals surface area contributed by atoms with Crippen LogP contribution >= 0.6 is 0 Å². The maximum Gasteiger partial charge on any atom is 0.264 e. The Hall–Kier alpha value is -4.38. The Bertz CT molecular complexity index is 1900. The molecule has 11 heteroatoms. The quantitative estimate of drug-likeness (QED) is 0.313. The van der Waals surface area contributed by atoms with Gasteiger partial charge in [0.05, 0.1) is 5.69 Å². The number of hydrogen-bond acceptors (Lipinski definition) is 8. The van der Waals surface area contributed by atoms with Crippen LogP contribution in [0.25, 0.3) is 22.4 Å². The van der Waals surface area contributed by atoms with E-state index in [1.807, 2.05) is 6.20 Å². The first kappa shape index (κ1) is 23.5. The largest absolute Gasteiger partial charge is 0.342 e. The number of allylic oxidation sites excluding steroid dienone is 1. The number of nitrogens with one attached hydrogen (secondary N) is 2. The lowest BCUT2D eigenvalue weighted by atomic mass is 9.73. The van der Waals surface area contributed by atoms with Gasteiger partial charge in [-0.15, -0.1) is 10.2 Å². The Morgan fingerprint density at radius 2 is 1.93 bits per heavy atom. The number of nitrogens with zero attached hydrogens (tertiary/aromatic N) is 7. The highest BCUT2D eigenvalue weighted by Crippen LogP contribution is 2.50. The molecule has 0 unspecified atom stereocenters. The molecule has 1 spiro atoms. The summed E-state index contributed by atoms with van der Waals surface area (Å²) in [6.45, 7) is 5.87. The molecule has 4 N–H and O–H groups in total. The zero-order valence-electron chi connectivity index (χ0n) is 22.5. The number of aromatic amines is 2. The van der Waals surface area contributed by atoms with Gasteiger partial charge in [-0.1, -0.05) is 44.2 Å². The van der Waals surface area contributed by atoms with E-state index < -0.39 is 0 Å². The standard InChI is InChI=1S/C29H30N10O/c1-28(2)12-18(19-14-39-15-31-37-27(39)32-20(19)13-28)22-21-24(36-35-22)33-26(34-25(21)40)38-9-7-29(8-10-38)11-16-5-3-4-6-17(16)23(29)30/h3-6,12,14-15,23H,7-11,13,30H2,1-2H3,(H2,33,34,35,36,40)/t23-/m1/s1. The molecule has 5 aromatic rings. The molecule has 0 saturated carbocycles. The van der Waals surface area contributed by atoms with Crippen LogP contribution in [-0.4, -0.2) is 52.8 Å². The van der Waals surface area contributed by atoms with Crippen molar-refractivity contribution in [3.8, 4) is 0 Å². The second-order valence-electron chi connectivity index (χ2n) is 12.3. The lowest BCUT2D eigenvalue weighted by Crippen LogP contribution is -2.45. The van der Waals surface area contributed by atoms with Crippen LogP contribution in [0, 0.1) is 10.8 Å². The Labute approximate surface area is 229 Å². The van der Waals surface area contributed by atoms with Gasteiger partial charge in [0, 0.05) is 36.5 Å². The van der Waals surface area contributed by atoms with Crippen LogP contribution in [0.4, 0.5) is 5.95 Å². The fourth-order valence-corrected chi connectivity index (χ4v) is 7.05. The van der Waals surface area contributed by atoms with Gasteiger partial charge in [-0.25, -0.2) is 4.98 Å². The SMILES string of the molecule is CC1(C)C=C(c2n[nH]c3nc(N4CCC5(CC4)Cc4ccccc4[C@H]5N)[nH]c(=O)c23)c2cn3cnnc3nc2C1. The molecule has 1 fully saturated rings. The summed E-state index contributed by atoms with van der Waals surface area (Å²) in [4.78, 5) is 28.4. The predicted octanol–water partition coefficient (Wildman–Crippen LogP) is 2.94. The number of benzene rings is 1. The lowest BCUT2D eigenvalue weighted by Gasteiger charge is -2.42. The number of rotatable bonds is 2. The molecule has 1 saturated heterocycles. The molecule has 11 nitrogen and oxygen atoms in total. The zero-order valence-corrected chi connectivity index (χ0v) is 22.5. The van der Waals surface area contributed by atoms with Gasteiger partial charge in [-0.3, -0.25) is 19.3 Å². The number of hydrogen-bond donors (Lipinski definition) is 3. The van der Waals surface area contributed by atoms with E-state index in [0.717, 1.165) is 55.6 Å². The van der Waals surface area contributed by atoms with E-state index in [0.29, 0.717) is 28.5 Å². The fraction of sp³-hybridized carbons (Fsp3) is 0.379. The van der Waals surface area contributed by atoms with Crippen molar-refractivity contribution in [1.82, 2.24) is 39.7 Å². The third-order valence-corrected chi connectivity index (χ3v) is 9.14. The van der Waals surface area contributed by atoms with Gasteiger partial charge in [0.15, 0.2) is 5.65 Å². The molecule has 1 aromatic carbocycles. The van der Waals surface area contributed by atoms with E-state index in [2.05, 4.69) is 74.5 Å². The molecular formula is C29H30N10O. The van der Waals surface area contributed by atoms with Gasteiger partial charge in [0.1, 0.15) is 17.4 Å². The smallest absolute Gasteiger partial charge is 0.264 e. The molecule has 3 aliphatic rings. The second-order valence-corrected chi connectivity index (χ2v) is 12.3. The van der Waals surface area contributed by atoms with E-state index >= 15 is 0 Å². The van der Waals surface area contributed by atoms with E-state index in [-0.39, 0.29) is 22.4 Å².